The van der Waals surface area contributed by atoms with E-state index in [1.165, 1.54) is 0 Å². The van der Waals surface area contributed by atoms with Crippen LogP contribution in [0.5, 0.6) is 5.75 Å². The molecule has 3 heteroatoms. The average molecular weight is 212 g/mol. The molecular formula is C13H12N2O. The third kappa shape index (κ3) is 1.45. The number of rotatable bonds is 0. The lowest BCUT2D eigenvalue weighted by atomic mass is 10.1. The van der Waals surface area contributed by atoms with Gasteiger partial charge in [-0.1, -0.05) is 12.1 Å². The number of ether oxygens (including phenoxy) is 1. The normalized spacial score (nSPS) is 13.3. The topological polar surface area (TPSA) is 35.0 Å². The standard InChI is InChI=1S/C13H12N2O/c1-9-14-8-10-6-7-16-12-5-3-2-4-11(12)13(10)15-9/h2-5,8H,6-7H2,1H3. The molecule has 0 bridgehead atoms. The van der Waals surface area contributed by atoms with Crippen molar-refractivity contribution in [2.45, 2.75) is 13.3 Å². The highest BCUT2D eigenvalue weighted by molar-refractivity contribution is 5.70. The Kier molecular flexibility index (Phi) is 2.10. The monoisotopic (exact) mass is 212 g/mol. The van der Waals surface area contributed by atoms with E-state index in [0.29, 0.717) is 6.61 Å². The Hall–Kier alpha value is -1.90. The van der Waals surface area contributed by atoms with Crippen LogP contribution in [-0.4, -0.2) is 16.6 Å². The molecule has 0 unspecified atom stereocenters. The third-order valence-electron chi connectivity index (χ3n) is 2.76. The number of para-hydroxylation sites is 1. The summed E-state index contributed by atoms with van der Waals surface area (Å²) in [4.78, 5) is 8.76. The van der Waals surface area contributed by atoms with E-state index in [0.717, 1.165) is 34.8 Å². The molecule has 0 atom stereocenters. The Balaban J connectivity index is 2.28. The summed E-state index contributed by atoms with van der Waals surface area (Å²) in [6.45, 7) is 2.60. The number of aromatic nitrogens is 2. The minimum absolute atomic E-state index is 0.691. The number of fused-ring (bicyclic) bond motifs is 3. The van der Waals surface area contributed by atoms with Crippen LogP contribution in [0.25, 0.3) is 11.3 Å². The largest absolute Gasteiger partial charge is 0.493 e. The second-order valence-corrected chi connectivity index (χ2v) is 3.89. The first kappa shape index (κ1) is 9.33. The molecule has 0 saturated heterocycles. The first-order valence-corrected chi connectivity index (χ1v) is 5.39. The molecule has 1 aromatic heterocycles. The summed E-state index contributed by atoms with van der Waals surface area (Å²) >= 11 is 0. The van der Waals surface area contributed by atoms with Crippen LogP contribution in [0.4, 0.5) is 0 Å². The van der Waals surface area contributed by atoms with Gasteiger partial charge in [-0.25, -0.2) is 9.97 Å². The zero-order chi connectivity index (χ0) is 11.0. The Morgan fingerprint density at radius 2 is 2.12 bits per heavy atom. The molecule has 1 aromatic carbocycles. The summed E-state index contributed by atoms with van der Waals surface area (Å²) in [5.74, 6) is 1.72. The van der Waals surface area contributed by atoms with Crippen molar-refractivity contribution in [3.63, 3.8) is 0 Å². The van der Waals surface area contributed by atoms with Gasteiger partial charge in [0.25, 0.3) is 0 Å². The first-order valence-electron chi connectivity index (χ1n) is 5.39. The molecule has 0 spiro atoms. The van der Waals surface area contributed by atoms with Gasteiger partial charge in [-0.15, -0.1) is 0 Å². The number of hydrogen-bond donors (Lipinski definition) is 0. The zero-order valence-corrected chi connectivity index (χ0v) is 9.10. The smallest absolute Gasteiger partial charge is 0.128 e. The van der Waals surface area contributed by atoms with E-state index >= 15 is 0 Å². The lowest BCUT2D eigenvalue weighted by molar-refractivity contribution is 0.326. The van der Waals surface area contributed by atoms with Crippen molar-refractivity contribution in [3.8, 4) is 17.0 Å². The molecule has 1 aliphatic heterocycles. The van der Waals surface area contributed by atoms with E-state index in [1.54, 1.807) is 0 Å². The minimum Gasteiger partial charge on any atom is -0.493 e. The van der Waals surface area contributed by atoms with Crippen LogP contribution >= 0.6 is 0 Å². The van der Waals surface area contributed by atoms with Crippen molar-refractivity contribution in [3.05, 3.63) is 41.9 Å². The summed E-state index contributed by atoms with van der Waals surface area (Å²) < 4.78 is 5.70. The second-order valence-electron chi connectivity index (χ2n) is 3.89. The fourth-order valence-corrected chi connectivity index (χ4v) is 1.97. The number of aryl methyl sites for hydroxylation is 1. The van der Waals surface area contributed by atoms with Gasteiger partial charge in [-0.3, -0.25) is 0 Å². The van der Waals surface area contributed by atoms with Crippen molar-refractivity contribution < 1.29 is 4.74 Å². The van der Waals surface area contributed by atoms with Gasteiger partial charge in [-0.05, 0) is 19.1 Å². The molecule has 0 saturated carbocycles. The van der Waals surface area contributed by atoms with E-state index in [2.05, 4.69) is 9.97 Å². The van der Waals surface area contributed by atoms with Crippen LogP contribution in [0, 0.1) is 6.92 Å². The van der Waals surface area contributed by atoms with E-state index in [9.17, 15) is 0 Å². The molecule has 16 heavy (non-hydrogen) atoms. The van der Waals surface area contributed by atoms with Gasteiger partial charge in [0.15, 0.2) is 0 Å². The highest BCUT2D eigenvalue weighted by Gasteiger charge is 2.16. The number of benzene rings is 1. The summed E-state index contributed by atoms with van der Waals surface area (Å²) in [7, 11) is 0. The van der Waals surface area contributed by atoms with Gasteiger partial charge in [0, 0.05) is 23.7 Å². The van der Waals surface area contributed by atoms with Gasteiger partial charge >= 0.3 is 0 Å². The molecule has 0 radical (unpaired) electrons. The summed E-state index contributed by atoms with van der Waals surface area (Å²) in [6, 6.07) is 8.03. The van der Waals surface area contributed by atoms with E-state index in [4.69, 9.17) is 4.74 Å². The SMILES string of the molecule is Cc1ncc2c(n1)-c1ccccc1OCC2. The Morgan fingerprint density at radius 1 is 1.25 bits per heavy atom. The van der Waals surface area contributed by atoms with Crippen molar-refractivity contribution in [2.24, 2.45) is 0 Å². The fraction of sp³-hybridized carbons (Fsp3) is 0.231. The van der Waals surface area contributed by atoms with Crippen LogP contribution in [0.15, 0.2) is 30.5 Å². The molecule has 2 heterocycles. The number of hydrogen-bond acceptors (Lipinski definition) is 3. The van der Waals surface area contributed by atoms with Crippen molar-refractivity contribution in [1.29, 1.82) is 0 Å². The van der Waals surface area contributed by atoms with Crippen molar-refractivity contribution in [1.82, 2.24) is 9.97 Å². The lowest BCUT2D eigenvalue weighted by Crippen LogP contribution is -2.00. The zero-order valence-electron chi connectivity index (χ0n) is 9.10. The average Bonchev–Trinajstić information content (AvgIpc) is 2.48. The highest BCUT2D eigenvalue weighted by Crippen LogP contribution is 2.33. The molecule has 1 aliphatic rings. The van der Waals surface area contributed by atoms with Crippen molar-refractivity contribution in [2.75, 3.05) is 6.61 Å². The molecule has 0 aliphatic carbocycles. The Morgan fingerprint density at radius 3 is 3.06 bits per heavy atom. The van der Waals surface area contributed by atoms with E-state index < -0.39 is 0 Å². The summed E-state index contributed by atoms with van der Waals surface area (Å²) in [6.07, 6.45) is 2.77. The number of nitrogens with zero attached hydrogens (tertiary/aromatic N) is 2. The quantitative estimate of drug-likeness (QED) is 0.672. The maximum absolute atomic E-state index is 5.70. The lowest BCUT2D eigenvalue weighted by Gasteiger charge is -2.07. The third-order valence-corrected chi connectivity index (χ3v) is 2.76. The van der Waals surface area contributed by atoms with Gasteiger partial charge < -0.3 is 4.74 Å². The molecule has 0 N–H and O–H groups in total. The molecule has 3 nitrogen and oxygen atoms in total. The Bertz CT molecular complexity index is 537. The molecule has 80 valence electrons. The maximum atomic E-state index is 5.70. The predicted molar refractivity (Wildman–Crippen MR) is 61.4 cm³/mol. The molecule has 2 aromatic rings. The molecule has 0 amide bonds. The van der Waals surface area contributed by atoms with Crippen LogP contribution in [0.2, 0.25) is 0 Å². The Labute approximate surface area is 94.1 Å². The highest BCUT2D eigenvalue weighted by atomic mass is 16.5. The molecule has 0 fully saturated rings. The fourth-order valence-electron chi connectivity index (χ4n) is 1.97. The van der Waals surface area contributed by atoms with Gasteiger partial charge in [0.1, 0.15) is 11.6 Å². The van der Waals surface area contributed by atoms with E-state index in [-0.39, 0.29) is 0 Å². The van der Waals surface area contributed by atoms with E-state index in [1.807, 2.05) is 37.4 Å². The molecule has 3 rings (SSSR count). The summed E-state index contributed by atoms with van der Waals surface area (Å²) in [5, 5.41) is 0. The second kappa shape index (κ2) is 3.59. The predicted octanol–water partition coefficient (Wildman–Crippen LogP) is 2.39. The van der Waals surface area contributed by atoms with Gasteiger partial charge in [0.05, 0.1) is 12.3 Å². The van der Waals surface area contributed by atoms with Crippen LogP contribution < -0.4 is 4.74 Å². The molecular weight excluding hydrogens is 200 g/mol. The van der Waals surface area contributed by atoms with Crippen LogP contribution in [0.1, 0.15) is 11.4 Å². The van der Waals surface area contributed by atoms with Crippen LogP contribution in [0.3, 0.4) is 0 Å². The summed E-state index contributed by atoms with van der Waals surface area (Å²) in [5.41, 5.74) is 3.25. The van der Waals surface area contributed by atoms with Crippen molar-refractivity contribution >= 4 is 0 Å². The maximum Gasteiger partial charge on any atom is 0.128 e. The first-order chi connectivity index (χ1) is 7.84. The van der Waals surface area contributed by atoms with Gasteiger partial charge in [-0.2, -0.15) is 0 Å². The van der Waals surface area contributed by atoms with Crippen LogP contribution in [-0.2, 0) is 6.42 Å². The minimum atomic E-state index is 0.691. The van der Waals surface area contributed by atoms with Gasteiger partial charge in [0.2, 0.25) is 0 Å².